The summed E-state index contributed by atoms with van der Waals surface area (Å²) in [5.41, 5.74) is 0.0103. The van der Waals surface area contributed by atoms with E-state index in [0.717, 1.165) is 5.69 Å². The molecule has 0 aromatic carbocycles. The number of amides is 1. The maximum atomic E-state index is 12.3. The van der Waals surface area contributed by atoms with Crippen LogP contribution < -0.4 is 5.32 Å². The normalized spacial score (nSPS) is 13.3. The Hall–Kier alpha value is -1.95. The van der Waals surface area contributed by atoms with Crippen LogP contribution in [0.4, 0.5) is 0 Å². The summed E-state index contributed by atoms with van der Waals surface area (Å²) in [5, 5.41) is 2.83. The van der Waals surface area contributed by atoms with Crippen LogP contribution in [0.15, 0.2) is 24.4 Å². The first-order valence-corrected chi connectivity index (χ1v) is 6.78. The Morgan fingerprint density at radius 3 is 2.67 bits per heavy atom. The molecule has 21 heavy (non-hydrogen) atoms. The Bertz CT molecular complexity index is 464. The Labute approximate surface area is 124 Å². The van der Waals surface area contributed by atoms with Gasteiger partial charge in [0.1, 0.15) is 12.0 Å². The zero-order valence-electron chi connectivity index (χ0n) is 12.7. The molecule has 0 spiro atoms. The van der Waals surface area contributed by atoms with Gasteiger partial charge in [0.15, 0.2) is 0 Å². The molecule has 0 aliphatic carbocycles. The first-order valence-electron chi connectivity index (χ1n) is 6.78. The molecule has 0 fully saturated rings. The lowest BCUT2D eigenvalue weighted by Gasteiger charge is -2.26. The molecule has 1 rings (SSSR count). The number of aromatic nitrogens is 1. The number of esters is 1. The van der Waals surface area contributed by atoms with E-state index in [1.165, 1.54) is 14.0 Å². The molecule has 1 unspecified atom stereocenters. The summed E-state index contributed by atoms with van der Waals surface area (Å²) in [7, 11) is 1.51. The molecule has 6 nitrogen and oxygen atoms in total. The number of hydrogen-bond acceptors (Lipinski definition) is 5. The molecular weight excluding hydrogens is 272 g/mol. The fraction of sp³-hybridized carbons (Fsp3) is 0.533. The van der Waals surface area contributed by atoms with E-state index in [9.17, 15) is 9.59 Å². The quantitative estimate of drug-likeness (QED) is 0.722. The molecule has 0 saturated carbocycles. The number of pyridine rings is 1. The van der Waals surface area contributed by atoms with Gasteiger partial charge in [-0.2, -0.15) is 0 Å². The fourth-order valence-corrected chi connectivity index (χ4v) is 1.82. The summed E-state index contributed by atoms with van der Waals surface area (Å²) in [6.45, 7) is 3.65. The van der Waals surface area contributed by atoms with Crippen molar-refractivity contribution < 1.29 is 19.1 Å². The van der Waals surface area contributed by atoms with Gasteiger partial charge in [0.2, 0.25) is 5.91 Å². The molecule has 0 aliphatic rings. The molecular formula is C15H22N2O4. The summed E-state index contributed by atoms with van der Waals surface area (Å²) >= 11 is 0. The minimum atomic E-state index is -0.898. The van der Waals surface area contributed by atoms with Gasteiger partial charge in [-0.05, 0) is 19.1 Å². The predicted octanol–water partition coefficient (Wildman–Crippen LogP) is 0.956. The van der Waals surface area contributed by atoms with Gasteiger partial charge in [0.25, 0.3) is 0 Å². The van der Waals surface area contributed by atoms with Crippen LogP contribution in [0.2, 0.25) is 0 Å². The van der Waals surface area contributed by atoms with Crippen LogP contribution in [0, 0.1) is 5.41 Å². The minimum absolute atomic E-state index is 0.00834. The van der Waals surface area contributed by atoms with Crippen LogP contribution in [0.1, 0.15) is 19.5 Å². The number of carbonyl (C=O) groups excluding carboxylic acids is 2. The van der Waals surface area contributed by atoms with Crippen molar-refractivity contribution in [1.29, 1.82) is 0 Å². The molecule has 1 amide bonds. The Kier molecular flexibility index (Phi) is 6.81. The van der Waals surface area contributed by atoms with Gasteiger partial charge in [0, 0.05) is 38.9 Å². The number of rotatable bonds is 8. The van der Waals surface area contributed by atoms with Crippen molar-refractivity contribution in [3.05, 3.63) is 30.1 Å². The van der Waals surface area contributed by atoms with Crippen LogP contribution >= 0.6 is 0 Å². The summed E-state index contributed by atoms with van der Waals surface area (Å²) < 4.78 is 10.0. The number of methoxy groups -OCH3 is 1. The van der Waals surface area contributed by atoms with Crippen LogP contribution in [-0.4, -0.2) is 43.7 Å². The summed E-state index contributed by atoms with van der Waals surface area (Å²) in [5.74, 6) is -0.625. The third-order valence-corrected chi connectivity index (χ3v) is 3.00. The number of carbonyl (C=O) groups is 2. The lowest BCUT2D eigenvalue weighted by atomic mass is 9.91. The zero-order chi connectivity index (χ0) is 15.7. The Balaban J connectivity index is 2.50. The van der Waals surface area contributed by atoms with Crippen molar-refractivity contribution in [2.24, 2.45) is 5.41 Å². The molecule has 0 bridgehead atoms. The van der Waals surface area contributed by atoms with Gasteiger partial charge in [-0.25, -0.2) is 0 Å². The monoisotopic (exact) mass is 294 g/mol. The summed E-state index contributed by atoms with van der Waals surface area (Å²) in [6.07, 6.45) is 2.36. The SMILES string of the molecule is COCC(C)(COC(C)=O)C(=O)NCCc1ccccn1. The third kappa shape index (κ3) is 5.91. The van der Waals surface area contributed by atoms with Gasteiger partial charge >= 0.3 is 5.97 Å². The number of ether oxygens (including phenoxy) is 2. The second-order valence-corrected chi connectivity index (χ2v) is 5.10. The molecule has 0 aliphatic heterocycles. The number of nitrogens with one attached hydrogen (secondary N) is 1. The van der Waals surface area contributed by atoms with Crippen molar-refractivity contribution in [2.75, 3.05) is 26.9 Å². The van der Waals surface area contributed by atoms with E-state index in [-0.39, 0.29) is 19.1 Å². The zero-order valence-corrected chi connectivity index (χ0v) is 12.7. The molecule has 1 heterocycles. The summed E-state index contributed by atoms with van der Waals surface area (Å²) in [4.78, 5) is 27.4. The average molecular weight is 294 g/mol. The smallest absolute Gasteiger partial charge is 0.302 e. The lowest BCUT2D eigenvalue weighted by molar-refractivity contribution is -0.150. The van der Waals surface area contributed by atoms with Gasteiger partial charge in [-0.15, -0.1) is 0 Å². The first-order chi connectivity index (χ1) is 9.98. The van der Waals surface area contributed by atoms with Crippen molar-refractivity contribution in [3.63, 3.8) is 0 Å². The molecule has 1 N–H and O–H groups in total. The molecule has 6 heteroatoms. The van der Waals surface area contributed by atoms with Crippen molar-refractivity contribution in [2.45, 2.75) is 20.3 Å². The van der Waals surface area contributed by atoms with Crippen molar-refractivity contribution in [1.82, 2.24) is 10.3 Å². The van der Waals surface area contributed by atoms with Crippen LogP contribution in [-0.2, 0) is 25.5 Å². The lowest BCUT2D eigenvalue weighted by Crippen LogP contribution is -2.46. The molecule has 116 valence electrons. The molecule has 1 aromatic rings. The number of nitrogens with zero attached hydrogens (tertiary/aromatic N) is 1. The van der Waals surface area contributed by atoms with E-state index in [0.29, 0.717) is 13.0 Å². The highest BCUT2D eigenvalue weighted by molar-refractivity contribution is 5.82. The predicted molar refractivity (Wildman–Crippen MR) is 77.6 cm³/mol. The van der Waals surface area contributed by atoms with E-state index in [1.807, 2.05) is 18.2 Å². The van der Waals surface area contributed by atoms with Crippen molar-refractivity contribution >= 4 is 11.9 Å². The standard InChI is InChI=1S/C15H22N2O4/c1-12(18)21-11-15(2,10-20-3)14(19)17-9-7-13-6-4-5-8-16-13/h4-6,8H,7,9-11H2,1-3H3,(H,17,19). The van der Waals surface area contributed by atoms with Crippen LogP contribution in [0.5, 0.6) is 0 Å². The van der Waals surface area contributed by atoms with Crippen LogP contribution in [0.3, 0.4) is 0 Å². The second kappa shape index (κ2) is 8.36. The maximum absolute atomic E-state index is 12.3. The largest absolute Gasteiger partial charge is 0.465 e. The second-order valence-electron chi connectivity index (χ2n) is 5.10. The van der Waals surface area contributed by atoms with E-state index < -0.39 is 11.4 Å². The molecule has 0 saturated heterocycles. The van der Waals surface area contributed by atoms with E-state index in [1.54, 1.807) is 13.1 Å². The summed E-state index contributed by atoms with van der Waals surface area (Å²) in [6, 6.07) is 5.65. The van der Waals surface area contributed by atoms with Gasteiger partial charge in [0.05, 0.1) is 6.61 Å². The minimum Gasteiger partial charge on any atom is -0.465 e. The Morgan fingerprint density at radius 2 is 2.10 bits per heavy atom. The van der Waals surface area contributed by atoms with Gasteiger partial charge < -0.3 is 14.8 Å². The maximum Gasteiger partial charge on any atom is 0.302 e. The topological polar surface area (TPSA) is 77.5 Å². The van der Waals surface area contributed by atoms with Gasteiger partial charge in [-0.1, -0.05) is 6.07 Å². The third-order valence-electron chi connectivity index (χ3n) is 3.00. The molecule has 1 atom stereocenters. The van der Waals surface area contributed by atoms with E-state index in [4.69, 9.17) is 9.47 Å². The average Bonchev–Trinajstić information content (AvgIpc) is 2.46. The highest BCUT2D eigenvalue weighted by Gasteiger charge is 2.34. The fourth-order valence-electron chi connectivity index (χ4n) is 1.82. The molecule has 0 radical (unpaired) electrons. The molecule has 1 aromatic heterocycles. The van der Waals surface area contributed by atoms with Crippen LogP contribution in [0.25, 0.3) is 0 Å². The first kappa shape index (κ1) is 17.1. The van der Waals surface area contributed by atoms with Crippen molar-refractivity contribution in [3.8, 4) is 0 Å². The number of hydrogen-bond donors (Lipinski definition) is 1. The Morgan fingerprint density at radius 1 is 1.33 bits per heavy atom. The van der Waals surface area contributed by atoms with Gasteiger partial charge in [-0.3, -0.25) is 14.6 Å². The van der Waals surface area contributed by atoms with E-state index in [2.05, 4.69) is 10.3 Å². The highest BCUT2D eigenvalue weighted by atomic mass is 16.5. The van der Waals surface area contributed by atoms with E-state index >= 15 is 0 Å². The highest BCUT2D eigenvalue weighted by Crippen LogP contribution is 2.17.